The van der Waals surface area contributed by atoms with Gasteiger partial charge >= 0.3 is 11.9 Å². The first kappa shape index (κ1) is 34.8. The largest absolute Gasteiger partial charge is 0.502 e. The van der Waals surface area contributed by atoms with Crippen LogP contribution in [0.15, 0.2) is 109 Å². The molecular weight excluding hydrogens is 620 g/mol. The molecule has 49 heavy (non-hydrogen) atoms. The fourth-order valence-electron chi connectivity index (χ4n) is 6.31. The molecule has 5 rings (SSSR count). The summed E-state index contributed by atoms with van der Waals surface area (Å²) in [6.45, 7) is 8.17. The Kier molecular flexibility index (Phi) is 11.1. The Morgan fingerprint density at radius 2 is 1.02 bits per heavy atom. The Morgan fingerprint density at radius 1 is 0.612 bits per heavy atom. The van der Waals surface area contributed by atoms with Crippen LogP contribution in [-0.2, 0) is 24.5 Å². The van der Waals surface area contributed by atoms with Crippen LogP contribution >= 0.6 is 0 Å². The summed E-state index contributed by atoms with van der Waals surface area (Å²) in [6.07, 6.45) is 3.55. The van der Waals surface area contributed by atoms with Crippen molar-refractivity contribution in [3.8, 4) is 22.6 Å². The van der Waals surface area contributed by atoms with Gasteiger partial charge in [-0.05, 0) is 96.5 Å². The summed E-state index contributed by atoms with van der Waals surface area (Å²) in [7, 11) is 0. The van der Waals surface area contributed by atoms with Crippen LogP contribution in [0, 0.1) is 13.8 Å². The number of aryl methyl sites for hydroxylation is 2. The van der Waals surface area contributed by atoms with Gasteiger partial charge in [0, 0.05) is 12.8 Å². The summed E-state index contributed by atoms with van der Waals surface area (Å²) >= 11 is 0. The van der Waals surface area contributed by atoms with Crippen molar-refractivity contribution >= 4 is 11.9 Å². The minimum Gasteiger partial charge on any atom is -0.502 e. The molecule has 0 unspecified atom stereocenters. The third kappa shape index (κ3) is 7.18. The van der Waals surface area contributed by atoms with Gasteiger partial charge in [0.15, 0.2) is 11.5 Å². The highest BCUT2D eigenvalue weighted by Crippen LogP contribution is 2.56. The van der Waals surface area contributed by atoms with Crippen molar-refractivity contribution in [1.29, 1.82) is 0 Å². The molecule has 0 radical (unpaired) electrons. The Hall–Kier alpha value is -5.50. The van der Waals surface area contributed by atoms with Crippen molar-refractivity contribution in [3.05, 3.63) is 142 Å². The predicted molar refractivity (Wildman–Crippen MR) is 188 cm³/mol. The van der Waals surface area contributed by atoms with Gasteiger partial charge in [-0.15, -0.1) is 0 Å². The third-order valence-corrected chi connectivity index (χ3v) is 8.69. The number of fused-ring (bicyclic) bond motifs is 3. The van der Waals surface area contributed by atoms with E-state index in [9.17, 15) is 19.8 Å². The Labute approximate surface area is 287 Å². The maximum absolute atomic E-state index is 11.7. The SMILES string of the molecule is CC=C(O)C(=O)OCCCOc1ccc(C2(c3ccc(OCCCOC(=O)C(O)=CC)c(C)c3)c3ccccc3-c3ccccc32)cc1C. The van der Waals surface area contributed by atoms with Gasteiger partial charge in [0.05, 0.1) is 31.8 Å². The molecule has 8 heteroatoms. The molecule has 0 aromatic heterocycles. The zero-order chi connectivity index (χ0) is 35.0. The fraction of sp³-hybridized carbons (Fsp3) is 0.268. The second-order valence-corrected chi connectivity index (χ2v) is 11.8. The fourth-order valence-corrected chi connectivity index (χ4v) is 6.31. The van der Waals surface area contributed by atoms with E-state index in [2.05, 4.69) is 72.8 Å². The number of allylic oxidation sites excluding steroid dienone is 2. The summed E-state index contributed by atoms with van der Waals surface area (Å²) in [5.41, 5.74) is 8.30. The standard InChI is InChI=1S/C41H42O8/c1-5-35(42)39(44)48-23-11-21-46-37-19-17-29(25-27(37)3)41(33-15-9-7-13-31(33)32-14-8-10-16-34(32)41)30-18-20-38(28(4)26-30)47-22-12-24-49-40(45)36(43)6-2/h5-10,13-20,25-26,42-43H,11-12,21-24H2,1-4H3. The van der Waals surface area contributed by atoms with Crippen molar-refractivity contribution in [3.63, 3.8) is 0 Å². The van der Waals surface area contributed by atoms with Crippen LogP contribution in [0.1, 0.15) is 60.1 Å². The van der Waals surface area contributed by atoms with Gasteiger partial charge in [0.2, 0.25) is 0 Å². The van der Waals surface area contributed by atoms with E-state index in [1.165, 1.54) is 34.4 Å². The zero-order valence-corrected chi connectivity index (χ0v) is 28.3. The average Bonchev–Trinajstić information content (AvgIpc) is 3.42. The van der Waals surface area contributed by atoms with E-state index in [0.29, 0.717) is 26.1 Å². The molecule has 0 atom stereocenters. The molecule has 0 aliphatic heterocycles. The number of esters is 2. The molecule has 1 aliphatic carbocycles. The predicted octanol–water partition coefficient (Wildman–Crippen LogP) is 8.21. The normalized spacial score (nSPS) is 13.3. The van der Waals surface area contributed by atoms with Crippen LogP contribution in [0.3, 0.4) is 0 Å². The molecule has 1 aliphatic rings. The lowest BCUT2D eigenvalue weighted by atomic mass is 9.67. The van der Waals surface area contributed by atoms with Crippen molar-refractivity contribution in [2.24, 2.45) is 0 Å². The summed E-state index contributed by atoms with van der Waals surface area (Å²) in [6, 6.07) is 29.7. The Morgan fingerprint density at radius 3 is 1.41 bits per heavy atom. The van der Waals surface area contributed by atoms with E-state index in [-0.39, 0.29) is 13.2 Å². The first-order valence-corrected chi connectivity index (χ1v) is 16.4. The van der Waals surface area contributed by atoms with Crippen LogP contribution in [0.2, 0.25) is 0 Å². The highest BCUT2D eigenvalue weighted by atomic mass is 16.6. The van der Waals surface area contributed by atoms with E-state index in [1.807, 2.05) is 26.0 Å². The summed E-state index contributed by atoms with van der Waals surface area (Å²) < 4.78 is 22.3. The minimum atomic E-state index is -0.745. The van der Waals surface area contributed by atoms with Gasteiger partial charge in [-0.1, -0.05) is 72.8 Å². The average molecular weight is 663 g/mol. The molecule has 254 valence electrons. The lowest BCUT2D eigenvalue weighted by Crippen LogP contribution is -2.29. The van der Waals surface area contributed by atoms with Gasteiger partial charge in [-0.2, -0.15) is 0 Å². The molecule has 0 fully saturated rings. The maximum Gasteiger partial charge on any atom is 0.373 e. The smallest absolute Gasteiger partial charge is 0.373 e. The summed E-state index contributed by atoms with van der Waals surface area (Å²) in [5, 5.41) is 19.0. The first-order chi connectivity index (χ1) is 23.7. The molecule has 0 saturated carbocycles. The number of hydrogen-bond donors (Lipinski definition) is 2. The van der Waals surface area contributed by atoms with Crippen LogP contribution in [0.5, 0.6) is 11.5 Å². The topological polar surface area (TPSA) is 112 Å². The quantitative estimate of drug-likeness (QED) is 0.0530. The summed E-state index contributed by atoms with van der Waals surface area (Å²) in [4.78, 5) is 23.4. The van der Waals surface area contributed by atoms with Crippen LogP contribution < -0.4 is 9.47 Å². The number of carbonyl (C=O) groups is 2. The summed E-state index contributed by atoms with van der Waals surface area (Å²) in [5.74, 6) is -0.817. The zero-order valence-electron chi connectivity index (χ0n) is 28.3. The van der Waals surface area contributed by atoms with E-state index in [0.717, 1.165) is 33.8 Å². The monoisotopic (exact) mass is 662 g/mol. The molecule has 0 spiro atoms. The molecule has 4 aromatic rings. The number of rotatable bonds is 14. The Bertz CT molecular complexity index is 1750. The van der Waals surface area contributed by atoms with Crippen molar-refractivity contribution in [2.75, 3.05) is 26.4 Å². The highest BCUT2D eigenvalue weighted by molar-refractivity contribution is 5.87. The number of ether oxygens (including phenoxy) is 4. The number of benzene rings is 4. The third-order valence-electron chi connectivity index (χ3n) is 8.69. The van der Waals surface area contributed by atoms with Crippen molar-refractivity contribution < 1.29 is 38.7 Å². The highest BCUT2D eigenvalue weighted by Gasteiger charge is 2.46. The molecular formula is C41H42O8. The number of aliphatic hydroxyl groups excluding tert-OH is 2. The number of carbonyl (C=O) groups excluding carboxylic acids is 2. The van der Waals surface area contributed by atoms with Crippen molar-refractivity contribution in [1.82, 2.24) is 0 Å². The molecule has 0 saturated heterocycles. The Balaban J connectivity index is 1.42. The molecule has 2 N–H and O–H groups in total. The molecule has 4 aromatic carbocycles. The van der Waals surface area contributed by atoms with E-state index >= 15 is 0 Å². The second-order valence-electron chi connectivity index (χ2n) is 11.8. The molecule has 0 amide bonds. The van der Waals surface area contributed by atoms with Gasteiger partial charge in [-0.25, -0.2) is 9.59 Å². The van der Waals surface area contributed by atoms with Crippen molar-refractivity contribution in [2.45, 2.75) is 46.0 Å². The molecule has 0 bridgehead atoms. The van der Waals surface area contributed by atoms with Crippen LogP contribution in [0.25, 0.3) is 11.1 Å². The van der Waals surface area contributed by atoms with Gasteiger partial charge in [0.25, 0.3) is 0 Å². The van der Waals surface area contributed by atoms with E-state index < -0.39 is 28.9 Å². The van der Waals surface area contributed by atoms with Gasteiger partial charge in [-0.3, -0.25) is 0 Å². The number of aliphatic hydroxyl groups is 2. The minimum absolute atomic E-state index is 0.137. The molecule has 0 heterocycles. The van der Waals surface area contributed by atoms with E-state index in [1.54, 1.807) is 13.8 Å². The first-order valence-electron chi connectivity index (χ1n) is 16.4. The lowest BCUT2D eigenvalue weighted by molar-refractivity contribution is -0.143. The van der Waals surface area contributed by atoms with Crippen LogP contribution in [-0.4, -0.2) is 48.6 Å². The second kappa shape index (κ2) is 15.6. The van der Waals surface area contributed by atoms with Gasteiger partial charge < -0.3 is 29.2 Å². The van der Waals surface area contributed by atoms with Crippen LogP contribution in [0.4, 0.5) is 0 Å². The van der Waals surface area contributed by atoms with Gasteiger partial charge in [0.1, 0.15) is 11.5 Å². The molecule has 8 nitrogen and oxygen atoms in total. The lowest BCUT2D eigenvalue weighted by Gasteiger charge is -2.34. The number of hydrogen-bond acceptors (Lipinski definition) is 8. The maximum atomic E-state index is 11.7. The van der Waals surface area contributed by atoms with E-state index in [4.69, 9.17) is 18.9 Å².